The van der Waals surface area contributed by atoms with Gasteiger partial charge in [-0.1, -0.05) is 0 Å². The van der Waals surface area contributed by atoms with E-state index in [2.05, 4.69) is 4.98 Å². The zero-order chi connectivity index (χ0) is 12.8. The van der Waals surface area contributed by atoms with E-state index < -0.39 is 0 Å². The van der Waals surface area contributed by atoms with Crippen LogP contribution in [0.2, 0.25) is 0 Å². The Kier molecular flexibility index (Phi) is 5.47. The molecular weight excluding hydrogens is 221 g/mol. The largest absolute Gasteiger partial charge is 0.395 e. The van der Waals surface area contributed by atoms with E-state index in [1.807, 2.05) is 18.9 Å². The predicted octanol–water partition coefficient (Wildman–Crippen LogP) is 0.923. The van der Waals surface area contributed by atoms with Gasteiger partial charge in [-0.25, -0.2) is 4.39 Å². The quantitative estimate of drug-likeness (QED) is 0.777. The molecule has 2 atom stereocenters. The summed E-state index contributed by atoms with van der Waals surface area (Å²) in [6.45, 7) is 2.84. The third kappa shape index (κ3) is 4.38. The Labute approximate surface area is 101 Å². The summed E-state index contributed by atoms with van der Waals surface area (Å²) in [5.74, 6) is -0.355. The lowest BCUT2D eigenvalue weighted by Crippen LogP contribution is -2.34. The average Bonchev–Trinajstić information content (AvgIpc) is 2.35. The van der Waals surface area contributed by atoms with Crippen molar-refractivity contribution in [3.63, 3.8) is 0 Å². The van der Waals surface area contributed by atoms with Crippen LogP contribution in [0.3, 0.4) is 0 Å². The van der Waals surface area contributed by atoms with Crippen molar-refractivity contribution in [1.29, 1.82) is 0 Å². The monoisotopic (exact) mass is 241 g/mol. The Morgan fingerprint density at radius 2 is 2.24 bits per heavy atom. The molecule has 0 radical (unpaired) electrons. The van der Waals surface area contributed by atoms with Crippen molar-refractivity contribution in [3.8, 4) is 0 Å². The van der Waals surface area contributed by atoms with Crippen molar-refractivity contribution in [2.75, 3.05) is 20.2 Å². The van der Waals surface area contributed by atoms with Crippen LogP contribution in [0.25, 0.3) is 0 Å². The van der Waals surface area contributed by atoms with Gasteiger partial charge in [0.2, 0.25) is 0 Å². The SMILES string of the molecule is CC(CO)N(C)CCC(N)c1ccc(F)cn1. The van der Waals surface area contributed by atoms with Gasteiger partial charge in [0.25, 0.3) is 0 Å². The Hall–Kier alpha value is -1.04. The third-order valence-electron chi connectivity index (χ3n) is 2.94. The maximum absolute atomic E-state index is 12.7. The Bertz CT molecular complexity index is 331. The summed E-state index contributed by atoms with van der Waals surface area (Å²) in [6, 6.07) is 2.88. The van der Waals surface area contributed by atoms with E-state index in [9.17, 15) is 4.39 Å². The molecular formula is C12H20FN3O. The van der Waals surface area contributed by atoms with Crippen LogP contribution < -0.4 is 5.73 Å². The minimum atomic E-state index is -0.355. The first-order chi connectivity index (χ1) is 8.04. The van der Waals surface area contributed by atoms with Crippen molar-refractivity contribution in [3.05, 3.63) is 29.8 Å². The van der Waals surface area contributed by atoms with Gasteiger partial charge in [0, 0.05) is 18.6 Å². The molecule has 0 fully saturated rings. The third-order valence-corrected chi connectivity index (χ3v) is 2.94. The molecule has 1 heterocycles. The standard InChI is InChI=1S/C12H20FN3O/c1-9(8-17)16(2)6-5-11(14)12-4-3-10(13)7-15-12/h3-4,7,9,11,17H,5-6,8,14H2,1-2H3. The fourth-order valence-electron chi connectivity index (χ4n) is 1.46. The fourth-order valence-corrected chi connectivity index (χ4v) is 1.46. The number of nitrogens with two attached hydrogens (primary N) is 1. The van der Waals surface area contributed by atoms with Gasteiger partial charge in [-0.3, -0.25) is 4.98 Å². The second-order valence-corrected chi connectivity index (χ2v) is 4.31. The molecule has 2 unspecified atom stereocenters. The minimum Gasteiger partial charge on any atom is -0.395 e. The van der Waals surface area contributed by atoms with Crippen molar-refractivity contribution < 1.29 is 9.50 Å². The number of pyridine rings is 1. The number of nitrogens with zero attached hydrogens (tertiary/aromatic N) is 2. The first kappa shape index (κ1) is 14.0. The lowest BCUT2D eigenvalue weighted by molar-refractivity contribution is 0.156. The number of aliphatic hydroxyl groups is 1. The zero-order valence-electron chi connectivity index (χ0n) is 10.3. The molecule has 17 heavy (non-hydrogen) atoms. The molecule has 0 saturated heterocycles. The van der Waals surface area contributed by atoms with E-state index in [1.165, 1.54) is 12.3 Å². The van der Waals surface area contributed by atoms with E-state index in [4.69, 9.17) is 10.8 Å². The number of aliphatic hydroxyl groups excluding tert-OH is 1. The molecule has 4 nitrogen and oxygen atoms in total. The van der Waals surface area contributed by atoms with Crippen LogP contribution in [-0.2, 0) is 0 Å². The molecule has 96 valence electrons. The zero-order valence-corrected chi connectivity index (χ0v) is 10.3. The van der Waals surface area contributed by atoms with Crippen LogP contribution in [-0.4, -0.2) is 41.2 Å². The second-order valence-electron chi connectivity index (χ2n) is 4.31. The van der Waals surface area contributed by atoms with E-state index >= 15 is 0 Å². The van der Waals surface area contributed by atoms with Crippen molar-refractivity contribution >= 4 is 0 Å². The van der Waals surface area contributed by atoms with Gasteiger partial charge in [-0.15, -0.1) is 0 Å². The molecule has 0 amide bonds. The van der Waals surface area contributed by atoms with E-state index in [0.717, 1.165) is 13.0 Å². The van der Waals surface area contributed by atoms with Gasteiger partial charge >= 0.3 is 0 Å². The highest BCUT2D eigenvalue weighted by molar-refractivity contribution is 5.09. The van der Waals surface area contributed by atoms with Gasteiger partial charge in [0.05, 0.1) is 18.5 Å². The summed E-state index contributed by atoms with van der Waals surface area (Å²) in [5.41, 5.74) is 6.65. The molecule has 0 aliphatic heterocycles. The number of rotatable bonds is 6. The summed E-state index contributed by atoms with van der Waals surface area (Å²) in [7, 11) is 1.94. The summed E-state index contributed by atoms with van der Waals surface area (Å²) in [5, 5.41) is 8.99. The van der Waals surface area contributed by atoms with Gasteiger partial charge in [-0.05, 0) is 32.5 Å². The molecule has 0 spiro atoms. The van der Waals surface area contributed by atoms with Crippen LogP contribution in [0.15, 0.2) is 18.3 Å². The molecule has 0 aliphatic rings. The van der Waals surface area contributed by atoms with Crippen LogP contribution in [0.1, 0.15) is 25.1 Å². The van der Waals surface area contributed by atoms with Crippen molar-refractivity contribution in [2.24, 2.45) is 5.73 Å². The van der Waals surface area contributed by atoms with E-state index in [1.54, 1.807) is 6.07 Å². The summed E-state index contributed by atoms with van der Waals surface area (Å²) in [6.07, 6.45) is 1.90. The summed E-state index contributed by atoms with van der Waals surface area (Å²) < 4.78 is 12.7. The molecule has 0 aromatic carbocycles. The van der Waals surface area contributed by atoms with Gasteiger partial charge < -0.3 is 15.7 Å². The Balaban J connectivity index is 2.44. The maximum Gasteiger partial charge on any atom is 0.141 e. The normalized spacial score (nSPS) is 14.9. The molecule has 0 saturated carbocycles. The number of hydrogen-bond donors (Lipinski definition) is 2. The van der Waals surface area contributed by atoms with Gasteiger partial charge in [0.1, 0.15) is 5.82 Å². The highest BCUT2D eigenvalue weighted by Gasteiger charge is 2.12. The van der Waals surface area contributed by atoms with Crippen LogP contribution >= 0.6 is 0 Å². The first-order valence-electron chi connectivity index (χ1n) is 5.72. The Morgan fingerprint density at radius 1 is 1.53 bits per heavy atom. The molecule has 3 N–H and O–H groups in total. The minimum absolute atomic E-state index is 0.114. The van der Waals surface area contributed by atoms with E-state index in [-0.39, 0.29) is 24.5 Å². The highest BCUT2D eigenvalue weighted by atomic mass is 19.1. The van der Waals surface area contributed by atoms with Crippen molar-refractivity contribution in [1.82, 2.24) is 9.88 Å². The molecule has 1 aromatic heterocycles. The summed E-state index contributed by atoms with van der Waals surface area (Å²) >= 11 is 0. The summed E-state index contributed by atoms with van der Waals surface area (Å²) in [4.78, 5) is 5.98. The lowest BCUT2D eigenvalue weighted by atomic mass is 10.1. The van der Waals surface area contributed by atoms with Crippen LogP contribution in [0.5, 0.6) is 0 Å². The lowest BCUT2D eigenvalue weighted by Gasteiger charge is -2.24. The van der Waals surface area contributed by atoms with Gasteiger partial charge in [0.15, 0.2) is 0 Å². The smallest absolute Gasteiger partial charge is 0.141 e. The molecule has 0 aliphatic carbocycles. The Morgan fingerprint density at radius 3 is 2.76 bits per heavy atom. The number of halogens is 1. The number of likely N-dealkylation sites (N-methyl/N-ethyl adjacent to an activating group) is 1. The molecule has 1 aromatic rings. The van der Waals surface area contributed by atoms with Crippen molar-refractivity contribution in [2.45, 2.75) is 25.4 Å². The average molecular weight is 241 g/mol. The van der Waals surface area contributed by atoms with Gasteiger partial charge in [-0.2, -0.15) is 0 Å². The second kappa shape index (κ2) is 6.64. The van der Waals surface area contributed by atoms with Crippen LogP contribution in [0.4, 0.5) is 4.39 Å². The maximum atomic E-state index is 12.7. The van der Waals surface area contributed by atoms with E-state index in [0.29, 0.717) is 5.69 Å². The highest BCUT2D eigenvalue weighted by Crippen LogP contribution is 2.12. The molecule has 1 rings (SSSR count). The number of hydrogen-bond acceptors (Lipinski definition) is 4. The number of aromatic nitrogens is 1. The van der Waals surface area contributed by atoms with Crippen LogP contribution in [0, 0.1) is 5.82 Å². The fraction of sp³-hybridized carbons (Fsp3) is 0.583. The molecule has 0 bridgehead atoms. The predicted molar refractivity (Wildman–Crippen MR) is 64.9 cm³/mol. The topological polar surface area (TPSA) is 62.4 Å². The molecule has 5 heteroatoms. The first-order valence-corrected chi connectivity index (χ1v) is 5.72.